The third-order valence-corrected chi connectivity index (χ3v) is 3.51. The fraction of sp³-hybridized carbons (Fsp3) is 0.0625. The number of aromatic nitrogens is 1. The molecule has 0 unspecified atom stereocenters. The highest BCUT2D eigenvalue weighted by Crippen LogP contribution is 2.33. The van der Waals surface area contributed by atoms with Crippen molar-refractivity contribution >= 4 is 16.6 Å². The summed E-state index contributed by atoms with van der Waals surface area (Å²) in [4.78, 5) is 13.5. The van der Waals surface area contributed by atoms with Crippen molar-refractivity contribution in [1.29, 1.82) is 5.26 Å². The van der Waals surface area contributed by atoms with Crippen LogP contribution in [0.15, 0.2) is 42.6 Å². The van der Waals surface area contributed by atoms with Crippen molar-refractivity contribution in [2.75, 3.05) is 7.11 Å². The zero-order chi connectivity index (χ0) is 15.7. The Morgan fingerprint density at radius 1 is 1.27 bits per heavy atom. The van der Waals surface area contributed by atoms with Gasteiger partial charge in [-0.25, -0.2) is 0 Å². The van der Waals surface area contributed by atoms with Crippen molar-refractivity contribution < 1.29 is 9.66 Å². The number of nitriles is 1. The summed E-state index contributed by atoms with van der Waals surface area (Å²) in [6.45, 7) is 0. The van der Waals surface area contributed by atoms with Crippen LogP contribution in [0, 0.1) is 21.4 Å². The maximum atomic E-state index is 10.9. The highest BCUT2D eigenvalue weighted by atomic mass is 16.6. The monoisotopic (exact) mass is 293 g/mol. The summed E-state index contributed by atoms with van der Waals surface area (Å²) in [6, 6.07) is 12.0. The van der Waals surface area contributed by atoms with Gasteiger partial charge < -0.3 is 9.72 Å². The number of benzene rings is 2. The van der Waals surface area contributed by atoms with Gasteiger partial charge in [0.05, 0.1) is 12.0 Å². The minimum Gasteiger partial charge on any atom is -0.497 e. The van der Waals surface area contributed by atoms with E-state index in [0.717, 1.165) is 27.8 Å². The number of nitrogens with zero attached hydrogens (tertiary/aromatic N) is 2. The largest absolute Gasteiger partial charge is 0.497 e. The van der Waals surface area contributed by atoms with Crippen molar-refractivity contribution in [2.45, 2.75) is 0 Å². The normalized spacial score (nSPS) is 10.4. The second-order valence-corrected chi connectivity index (χ2v) is 4.71. The van der Waals surface area contributed by atoms with Gasteiger partial charge in [0.2, 0.25) is 0 Å². The molecular weight excluding hydrogens is 282 g/mol. The first-order valence-corrected chi connectivity index (χ1v) is 6.48. The molecule has 0 bridgehead atoms. The minimum atomic E-state index is -0.555. The fourth-order valence-electron chi connectivity index (χ4n) is 2.42. The molecule has 0 saturated carbocycles. The molecule has 1 heterocycles. The number of nitro groups is 1. The van der Waals surface area contributed by atoms with E-state index in [4.69, 9.17) is 10.00 Å². The van der Waals surface area contributed by atoms with Crippen LogP contribution in [0.1, 0.15) is 5.56 Å². The number of H-pyrrole nitrogens is 1. The number of hydrogen-bond acceptors (Lipinski definition) is 4. The molecule has 0 amide bonds. The van der Waals surface area contributed by atoms with E-state index < -0.39 is 4.92 Å². The van der Waals surface area contributed by atoms with E-state index >= 15 is 0 Å². The Morgan fingerprint density at radius 2 is 2.09 bits per heavy atom. The van der Waals surface area contributed by atoms with Crippen molar-refractivity contribution in [3.63, 3.8) is 0 Å². The van der Waals surface area contributed by atoms with Gasteiger partial charge >= 0.3 is 0 Å². The first kappa shape index (κ1) is 13.6. The molecule has 2 aromatic carbocycles. The standard InChI is InChI=1S/C16H11N3O3/c1-22-12-3-4-15-13(7-12)14(9-18-15)10-2-5-16(19(20)21)11(6-10)8-17/h2-7,9,18H,1H3. The Kier molecular flexibility index (Phi) is 3.24. The van der Waals surface area contributed by atoms with Crippen LogP contribution in [0.4, 0.5) is 5.69 Å². The molecule has 0 atom stereocenters. The molecule has 1 N–H and O–H groups in total. The lowest BCUT2D eigenvalue weighted by Crippen LogP contribution is -1.92. The maximum absolute atomic E-state index is 10.9. The number of ether oxygens (including phenoxy) is 1. The molecule has 0 aliphatic rings. The second kappa shape index (κ2) is 5.22. The van der Waals surface area contributed by atoms with Gasteiger partial charge in [0.15, 0.2) is 0 Å². The van der Waals surface area contributed by atoms with Gasteiger partial charge in [0.25, 0.3) is 5.69 Å². The van der Waals surface area contributed by atoms with Crippen molar-refractivity contribution in [2.24, 2.45) is 0 Å². The summed E-state index contributed by atoms with van der Waals surface area (Å²) in [5.74, 6) is 0.718. The summed E-state index contributed by atoms with van der Waals surface area (Å²) < 4.78 is 5.22. The molecule has 0 spiro atoms. The van der Waals surface area contributed by atoms with Crippen LogP contribution in [0.25, 0.3) is 22.0 Å². The van der Waals surface area contributed by atoms with Gasteiger partial charge in [0.1, 0.15) is 17.4 Å². The summed E-state index contributed by atoms with van der Waals surface area (Å²) >= 11 is 0. The molecule has 22 heavy (non-hydrogen) atoms. The number of nitrogens with one attached hydrogen (secondary N) is 1. The lowest BCUT2D eigenvalue weighted by atomic mass is 10.0. The Morgan fingerprint density at radius 3 is 2.77 bits per heavy atom. The lowest BCUT2D eigenvalue weighted by molar-refractivity contribution is -0.385. The van der Waals surface area contributed by atoms with Gasteiger partial charge in [-0.1, -0.05) is 0 Å². The average Bonchev–Trinajstić information content (AvgIpc) is 2.96. The van der Waals surface area contributed by atoms with Crippen LogP contribution >= 0.6 is 0 Å². The number of fused-ring (bicyclic) bond motifs is 1. The van der Waals surface area contributed by atoms with Crippen molar-refractivity contribution in [3.8, 4) is 22.9 Å². The molecule has 3 aromatic rings. The van der Waals surface area contributed by atoms with Crippen LogP contribution in [-0.2, 0) is 0 Å². The van der Waals surface area contributed by atoms with E-state index in [-0.39, 0.29) is 11.3 Å². The molecule has 3 rings (SSSR count). The number of aromatic amines is 1. The quantitative estimate of drug-likeness (QED) is 0.589. The molecule has 0 radical (unpaired) electrons. The molecule has 1 aromatic heterocycles. The number of nitro benzene ring substituents is 1. The van der Waals surface area contributed by atoms with Crippen LogP contribution < -0.4 is 4.74 Å². The molecule has 0 aliphatic heterocycles. The Balaban J connectivity index is 2.19. The van der Waals surface area contributed by atoms with Crippen molar-refractivity contribution in [1.82, 2.24) is 4.98 Å². The van der Waals surface area contributed by atoms with Crippen molar-refractivity contribution in [3.05, 3.63) is 58.3 Å². The zero-order valence-electron chi connectivity index (χ0n) is 11.7. The summed E-state index contributed by atoms with van der Waals surface area (Å²) in [6.07, 6.45) is 1.81. The second-order valence-electron chi connectivity index (χ2n) is 4.71. The average molecular weight is 293 g/mol. The van der Waals surface area contributed by atoms with Gasteiger partial charge in [0, 0.05) is 28.7 Å². The van der Waals surface area contributed by atoms with Crippen LogP contribution in [-0.4, -0.2) is 17.0 Å². The van der Waals surface area contributed by atoms with E-state index in [1.807, 2.05) is 30.5 Å². The molecule has 0 saturated heterocycles. The van der Waals surface area contributed by atoms with E-state index in [9.17, 15) is 10.1 Å². The molecular formula is C16H11N3O3. The predicted octanol–water partition coefficient (Wildman–Crippen LogP) is 3.62. The third kappa shape index (κ3) is 2.15. The predicted molar refractivity (Wildman–Crippen MR) is 81.7 cm³/mol. The Labute approximate surface area is 125 Å². The molecule has 0 fully saturated rings. The number of rotatable bonds is 3. The summed E-state index contributed by atoms with van der Waals surface area (Å²) in [5.41, 5.74) is 2.37. The summed E-state index contributed by atoms with van der Waals surface area (Å²) in [7, 11) is 1.59. The van der Waals surface area contributed by atoms with E-state index in [1.165, 1.54) is 12.1 Å². The summed E-state index contributed by atoms with van der Waals surface area (Å²) in [5, 5.41) is 20.9. The van der Waals surface area contributed by atoms with Crippen LogP contribution in [0.3, 0.4) is 0 Å². The Bertz CT molecular complexity index is 922. The third-order valence-electron chi connectivity index (χ3n) is 3.51. The van der Waals surface area contributed by atoms with Gasteiger partial charge in [-0.3, -0.25) is 10.1 Å². The van der Waals surface area contributed by atoms with E-state index in [0.29, 0.717) is 0 Å². The molecule has 108 valence electrons. The van der Waals surface area contributed by atoms with Crippen LogP contribution in [0.5, 0.6) is 5.75 Å². The van der Waals surface area contributed by atoms with Gasteiger partial charge in [-0.2, -0.15) is 5.26 Å². The smallest absolute Gasteiger partial charge is 0.287 e. The first-order chi connectivity index (χ1) is 10.6. The van der Waals surface area contributed by atoms with Gasteiger partial charge in [-0.05, 0) is 35.9 Å². The zero-order valence-corrected chi connectivity index (χ0v) is 11.7. The highest BCUT2D eigenvalue weighted by molar-refractivity contribution is 5.96. The maximum Gasteiger partial charge on any atom is 0.287 e. The lowest BCUT2D eigenvalue weighted by Gasteiger charge is -2.03. The van der Waals surface area contributed by atoms with Crippen LogP contribution in [0.2, 0.25) is 0 Å². The fourth-order valence-corrected chi connectivity index (χ4v) is 2.42. The first-order valence-electron chi connectivity index (χ1n) is 6.48. The van der Waals surface area contributed by atoms with Gasteiger partial charge in [-0.15, -0.1) is 0 Å². The SMILES string of the molecule is COc1ccc2[nH]cc(-c3ccc([N+](=O)[O-])c(C#N)c3)c2c1. The molecule has 6 heteroatoms. The number of hydrogen-bond donors (Lipinski definition) is 1. The topological polar surface area (TPSA) is 91.9 Å². The molecule has 0 aliphatic carbocycles. The van der Waals surface area contributed by atoms with E-state index in [1.54, 1.807) is 13.2 Å². The Hall–Kier alpha value is -3.33. The highest BCUT2D eigenvalue weighted by Gasteiger charge is 2.16. The number of methoxy groups -OCH3 is 1. The molecule has 6 nitrogen and oxygen atoms in total. The van der Waals surface area contributed by atoms with E-state index in [2.05, 4.69) is 4.98 Å². The minimum absolute atomic E-state index is 0.0414.